The van der Waals surface area contributed by atoms with E-state index < -0.39 is 12.6 Å². The number of amides is 1. The molecule has 1 heterocycles. The minimum atomic E-state index is -1.04. The third kappa shape index (κ3) is 4.49. The van der Waals surface area contributed by atoms with E-state index in [0.717, 1.165) is 17.5 Å². The molecule has 1 saturated heterocycles. The highest BCUT2D eigenvalue weighted by Gasteiger charge is 2.36. The average Bonchev–Trinajstić information content (AvgIpc) is 2.96. The van der Waals surface area contributed by atoms with E-state index >= 15 is 0 Å². The van der Waals surface area contributed by atoms with Gasteiger partial charge in [0.1, 0.15) is 5.75 Å². The Hall–Kier alpha value is -2.12. The maximum Gasteiger partial charge on any atom is 0.341 e. The second-order valence-corrected chi connectivity index (χ2v) is 6.28. The minimum Gasteiger partial charge on any atom is -0.481 e. The molecule has 0 saturated carbocycles. The smallest absolute Gasteiger partial charge is 0.341 e. The van der Waals surface area contributed by atoms with Crippen molar-refractivity contribution in [2.45, 2.75) is 32.4 Å². The molecule has 138 valence electrons. The Morgan fingerprint density at radius 3 is 2.40 bits per heavy atom. The molecule has 7 nitrogen and oxygen atoms in total. The standard InChI is InChI=1S/C18H25NO6/c1-11-5-13(6-12(2)17(11)25-10-16(20)21)18(22)19-8-15(24-4)7-14(19)9-23-3/h5-6,14-15H,7-10H2,1-4H3,(H,20,21)/t14-,15-/m0/s1. The lowest BCUT2D eigenvalue weighted by Crippen LogP contribution is -2.38. The summed E-state index contributed by atoms with van der Waals surface area (Å²) in [6.45, 7) is 4.18. The van der Waals surface area contributed by atoms with Gasteiger partial charge in [-0.1, -0.05) is 0 Å². The van der Waals surface area contributed by atoms with Gasteiger partial charge >= 0.3 is 5.97 Å². The molecule has 0 bridgehead atoms. The summed E-state index contributed by atoms with van der Waals surface area (Å²) in [6.07, 6.45) is 0.748. The Morgan fingerprint density at radius 2 is 1.88 bits per heavy atom. The van der Waals surface area contributed by atoms with Crippen molar-refractivity contribution in [2.24, 2.45) is 0 Å². The van der Waals surface area contributed by atoms with Crippen LogP contribution in [0.4, 0.5) is 0 Å². The zero-order valence-corrected chi connectivity index (χ0v) is 15.1. The van der Waals surface area contributed by atoms with Gasteiger partial charge in [-0.25, -0.2) is 4.79 Å². The van der Waals surface area contributed by atoms with Crippen LogP contribution in [-0.4, -0.2) is 68.0 Å². The Balaban J connectivity index is 2.22. The first-order valence-electron chi connectivity index (χ1n) is 8.15. The van der Waals surface area contributed by atoms with Gasteiger partial charge in [-0.3, -0.25) is 4.79 Å². The highest BCUT2D eigenvalue weighted by molar-refractivity contribution is 5.95. The van der Waals surface area contributed by atoms with Crippen molar-refractivity contribution in [1.29, 1.82) is 0 Å². The van der Waals surface area contributed by atoms with Crippen molar-refractivity contribution >= 4 is 11.9 Å². The molecule has 2 rings (SSSR count). The summed E-state index contributed by atoms with van der Waals surface area (Å²) in [5.41, 5.74) is 2.02. The number of carbonyl (C=O) groups excluding carboxylic acids is 1. The molecule has 1 fully saturated rings. The summed E-state index contributed by atoms with van der Waals surface area (Å²) in [7, 11) is 3.26. The van der Waals surface area contributed by atoms with E-state index in [-0.39, 0.29) is 18.1 Å². The van der Waals surface area contributed by atoms with Crippen molar-refractivity contribution in [3.63, 3.8) is 0 Å². The van der Waals surface area contributed by atoms with Crippen molar-refractivity contribution in [3.05, 3.63) is 28.8 Å². The lowest BCUT2D eigenvalue weighted by Gasteiger charge is -2.24. The molecule has 1 aliphatic rings. The van der Waals surface area contributed by atoms with E-state index in [1.165, 1.54) is 0 Å². The molecule has 1 amide bonds. The van der Waals surface area contributed by atoms with E-state index in [9.17, 15) is 9.59 Å². The van der Waals surface area contributed by atoms with Crippen LogP contribution in [0.25, 0.3) is 0 Å². The monoisotopic (exact) mass is 351 g/mol. The number of carboxylic acid groups (broad SMARTS) is 1. The molecule has 1 N–H and O–H groups in total. The Morgan fingerprint density at radius 1 is 1.24 bits per heavy atom. The normalized spacial score (nSPS) is 19.9. The predicted molar refractivity (Wildman–Crippen MR) is 91.2 cm³/mol. The number of ether oxygens (including phenoxy) is 3. The maximum atomic E-state index is 13.0. The number of aliphatic carboxylic acids is 1. The molecule has 25 heavy (non-hydrogen) atoms. The van der Waals surface area contributed by atoms with Gasteiger partial charge in [-0.2, -0.15) is 0 Å². The van der Waals surface area contributed by atoms with E-state index in [1.54, 1.807) is 45.1 Å². The highest BCUT2D eigenvalue weighted by Crippen LogP contribution is 2.28. The van der Waals surface area contributed by atoms with Crippen LogP contribution in [0, 0.1) is 13.8 Å². The molecule has 0 spiro atoms. The summed E-state index contributed by atoms with van der Waals surface area (Å²) >= 11 is 0. The zero-order valence-electron chi connectivity index (χ0n) is 15.1. The van der Waals surface area contributed by atoms with Crippen LogP contribution in [0.1, 0.15) is 27.9 Å². The molecule has 0 aromatic heterocycles. The number of methoxy groups -OCH3 is 2. The average molecular weight is 351 g/mol. The lowest BCUT2D eigenvalue weighted by atomic mass is 10.0. The summed E-state index contributed by atoms with van der Waals surface area (Å²) in [5, 5.41) is 8.76. The number of hydrogen-bond acceptors (Lipinski definition) is 5. The second kappa shape index (κ2) is 8.31. The predicted octanol–water partition coefficient (Wildman–Crippen LogP) is 1.64. The number of carbonyl (C=O) groups is 2. The molecule has 0 aliphatic carbocycles. The van der Waals surface area contributed by atoms with Crippen molar-refractivity contribution in [3.8, 4) is 5.75 Å². The first kappa shape index (κ1) is 19.2. The molecule has 0 unspecified atom stereocenters. The summed E-state index contributed by atoms with van der Waals surface area (Å²) in [4.78, 5) is 25.4. The highest BCUT2D eigenvalue weighted by atomic mass is 16.5. The molecule has 1 aromatic rings. The largest absolute Gasteiger partial charge is 0.481 e. The number of benzene rings is 1. The third-order valence-electron chi connectivity index (χ3n) is 4.38. The summed E-state index contributed by atoms with van der Waals surface area (Å²) in [6, 6.07) is 3.44. The van der Waals surface area contributed by atoms with Gasteiger partial charge in [0.05, 0.1) is 18.8 Å². The lowest BCUT2D eigenvalue weighted by molar-refractivity contribution is -0.139. The maximum absolute atomic E-state index is 13.0. The Kier molecular flexibility index (Phi) is 6.39. The first-order chi connectivity index (χ1) is 11.9. The molecule has 2 atom stereocenters. The van der Waals surface area contributed by atoms with Gasteiger partial charge in [-0.15, -0.1) is 0 Å². The SMILES string of the molecule is COC[C@@H]1C[C@H](OC)CN1C(=O)c1cc(C)c(OCC(=O)O)c(C)c1. The number of rotatable bonds is 7. The summed E-state index contributed by atoms with van der Waals surface area (Å²) in [5.74, 6) is -0.620. The van der Waals surface area contributed by atoms with E-state index in [1.807, 2.05) is 0 Å². The zero-order chi connectivity index (χ0) is 18.6. The molecule has 1 aromatic carbocycles. The molecular weight excluding hydrogens is 326 g/mol. The van der Waals surface area contributed by atoms with Crippen LogP contribution in [0.5, 0.6) is 5.75 Å². The van der Waals surface area contributed by atoms with Gasteiger partial charge in [0.2, 0.25) is 0 Å². The van der Waals surface area contributed by atoms with Gasteiger partial charge in [0.25, 0.3) is 5.91 Å². The van der Waals surface area contributed by atoms with Crippen LogP contribution < -0.4 is 4.74 Å². The first-order valence-corrected chi connectivity index (χ1v) is 8.15. The molecule has 7 heteroatoms. The minimum absolute atomic E-state index is 0.00414. The molecule has 1 aliphatic heterocycles. The number of nitrogens with zero attached hydrogens (tertiary/aromatic N) is 1. The quantitative estimate of drug-likeness (QED) is 0.804. The number of likely N-dealkylation sites (tertiary alicyclic amines) is 1. The van der Waals surface area contributed by atoms with E-state index in [4.69, 9.17) is 19.3 Å². The van der Waals surface area contributed by atoms with E-state index in [0.29, 0.717) is 24.5 Å². The Labute approximate surface area is 147 Å². The summed E-state index contributed by atoms with van der Waals surface area (Å²) < 4.78 is 15.9. The van der Waals surface area contributed by atoms with Crippen molar-refractivity contribution in [2.75, 3.05) is 34.0 Å². The van der Waals surface area contributed by atoms with Gasteiger partial charge in [-0.05, 0) is 43.5 Å². The van der Waals surface area contributed by atoms with Crippen LogP contribution >= 0.6 is 0 Å². The molecule has 0 radical (unpaired) electrons. The van der Waals surface area contributed by atoms with Crippen molar-refractivity contribution < 1.29 is 28.9 Å². The molecular formula is C18H25NO6. The van der Waals surface area contributed by atoms with Gasteiger partial charge in [0.15, 0.2) is 6.61 Å². The fraction of sp³-hybridized carbons (Fsp3) is 0.556. The number of hydrogen-bond donors (Lipinski definition) is 1. The van der Waals surface area contributed by atoms with Crippen molar-refractivity contribution in [1.82, 2.24) is 4.90 Å². The van der Waals surface area contributed by atoms with Crippen LogP contribution in [0.3, 0.4) is 0 Å². The van der Waals surface area contributed by atoms with Crippen LogP contribution in [-0.2, 0) is 14.3 Å². The third-order valence-corrected chi connectivity index (χ3v) is 4.38. The van der Waals surface area contributed by atoms with Crippen LogP contribution in [0.2, 0.25) is 0 Å². The van der Waals surface area contributed by atoms with Gasteiger partial charge < -0.3 is 24.2 Å². The van der Waals surface area contributed by atoms with E-state index in [2.05, 4.69) is 0 Å². The Bertz CT molecular complexity index is 621. The fourth-order valence-electron chi connectivity index (χ4n) is 3.24. The van der Waals surface area contributed by atoms with Crippen LogP contribution in [0.15, 0.2) is 12.1 Å². The number of aryl methyl sites for hydroxylation is 2. The number of carboxylic acids is 1. The second-order valence-electron chi connectivity index (χ2n) is 6.28. The topological polar surface area (TPSA) is 85.3 Å². The fourth-order valence-corrected chi connectivity index (χ4v) is 3.24. The van der Waals surface area contributed by atoms with Gasteiger partial charge in [0, 0.05) is 26.3 Å².